The lowest BCUT2D eigenvalue weighted by atomic mass is 10.0. The summed E-state index contributed by atoms with van der Waals surface area (Å²) in [5.41, 5.74) is 5.98. The molecule has 4 aromatic rings. The molecule has 8 nitrogen and oxygen atoms in total. The number of fused-ring (bicyclic) bond motifs is 1. The Bertz CT molecular complexity index is 1710. The summed E-state index contributed by atoms with van der Waals surface area (Å²) in [4.78, 5) is 12.8. The fraction of sp³-hybridized carbons (Fsp3) is 0.172. The lowest BCUT2D eigenvalue weighted by molar-refractivity contribution is -0.119. The van der Waals surface area contributed by atoms with Crippen LogP contribution in [0.1, 0.15) is 16.7 Å². The van der Waals surface area contributed by atoms with E-state index in [1.165, 1.54) is 46.8 Å². The average molecular weight is 546 g/mol. The lowest BCUT2D eigenvalue weighted by Crippen LogP contribution is -2.39. The number of hydrazone groups is 1. The highest BCUT2D eigenvalue weighted by atomic mass is 32.2. The van der Waals surface area contributed by atoms with E-state index in [2.05, 4.69) is 22.7 Å². The average Bonchev–Trinajstić information content (AvgIpc) is 3.38. The van der Waals surface area contributed by atoms with Crippen LogP contribution in [0.5, 0.6) is 11.5 Å². The van der Waals surface area contributed by atoms with E-state index >= 15 is 0 Å². The van der Waals surface area contributed by atoms with Gasteiger partial charge in [-0.25, -0.2) is 18.2 Å². The number of benzene rings is 4. The van der Waals surface area contributed by atoms with E-state index in [4.69, 9.17) is 9.47 Å². The van der Waals surface area contributed by atoms with E-state index < -0.39 is 28.3 Å². The number of rotatable bonds is 7. The number of sulfonamides is 1. The minimum atomic E-state index is -4.24. The normalized spacial score (nSPS) is 14.1. The van der Waals surface area contributed by atoms with Gasteiger partial charge in [0.1, 0.15) is 25.6 Å². The summed E-state index contributed by atoms with van der Waals surface area (Å²) in [5.74, 6) is -0.470. The van der Waals surface area contributed by atoms with Crippen LogP contribution in [0.2, 0.25) is 0 Å². The monoisotopic (exact) mass is 545 g/mol. The minimum absolute atomic E-state index is 0.0970. The molecule has 39 heavy (non-hydrogen) atoms. The van der Waals surface area contributed by atoms with Gasteiger partial charge in [-0.15, -0.1) is 0 Å². The lowest BCUT2D eigenvalue weighted by Gasteiger charge is -2.25. The van der Waals surface area contributed by atoms with Crippen LogP contribution in [0, 0.1) is 5.82 Å². The van der Waals surface area contributed by atoms with Gasteiger partial charge < -0.3 is 9.47 Å². The van der Waals surface area contributed by atoms with Crippen LogP contribution in [0.15, 0.2) is 82.8 Å². The molecule has 0 saturated carbocycles. The Hall–Kier alpha value is -4.44. The largest absolute Gasteiger partial charge is 0.486 e. The maximum atomic E-state index is 13.7. The molecule has 1 amide bonds. The number of halogens is 1. The summed E-state index contributed by atoms with van der Waals surface area (Å²) in [7, 11) is -4.24. The molecule has 0 fully saturated rings. The van der Waals surface area contributed by atoms with Gasteiger partial charge in [-0.05, 0) is 71.1 Å². The molecule has 0 unspecified atom stereocenters. The fourth-order valence-electron chi connectivity index (χ4n) is 4.96. The van der Waals surface area contributed by atoms with Gasteiger partial charge in [-0.2, -0.15) is 5.10 Å². The maximum Gasteiger partial charge on any atom is 0.264 e. The zero-order valence-corrected chi connectivity index (χ0v) is 21.6. The van der Waals surface area contributed by atoms with Gasteiger partial charge in [0.2, 0.25) is 0 Å². The highest BCUT2D eigenvalue weighted by Gasteiger charge is 2.29. The molecule has 0 bridgehead atoms. The van der Waals surface area contributed by atoms with Crippen molar-refractivity contribution in [3.05, 3.63) is 95.3 Å². The Labute approximate surface area is 224 Å². The molecular weight excluding hydrogens is 521 g/mol. The van der Waals surface area contributed by atoms with E-state index in [9.17, 15) is 17.6 Å². The van der Waals surface area contributed by atoms with Crippen LogP contribution in [0.4, 0.5) is 10.1 Å². The van der Waals surface area contributed by atoms with Crippen molar-refractivity contribution in [2.45, 2.75) is 17.7 Å². The van der Waals surface area contributed by atoms with Crippen LogP contribution in [-0.4, -0.2) is 40.3 Å². The van der Waals surface area contributed by atoms with Crippen molar-refractivity contribution < 1.29 is 27.1 Å². The van der Waals surface area contributed by atoms with Gasteiger partial charge in [-0.1, -0.05) is 30.3 Å². The number of hydrogen-bond donors (Lipinski definition) is 1. The number of hydrogen-bond acceptors (Lipinski definition) is 6. The minimum Gasteiger partial charge on any atom is -0.486 e. The van der Waals surface area contributed by atoms with Crippen molar-refractivity contribution in [3.8, 4) is 11.5 Å². The van der Waals surface area contributed by atoms with Gasteiger partial charge in [-0.3, -0.25) is 9.10 Å². The summed E-state index contributed by atoms with van der Waals surface area (Å²) in [6.45, 7) is 0.0735. The molecule has 4 aromatic carbocycles. The number of carbonyl (C=O) groups excluding carboxylic acids is 1. The quantitative estimate of drug-likeness (QED) is 0.277. The molecule has 0 radical (unpaired) electrons. The molecule has 0 spiro atoms. The van der Waals surface area contributed by atoms with E-state index in [0.29, 0.717) is 18.1 Å². The van der Waals surface area contributed by atoms with Crippen molar-refractivity contribution in [1.82, 2.24) is 5.43 Å². The van der Waals surface area contributed by atoms with Gasteiger partial charge >= 0.3 is 0 Å². The maximum absolute atomic E-state index is 13.7. The Balaban J connectivity index is 1.25. The molecule has 1 heterocycles. The summed E-state index contributed by atoms with van der Waals surface area (Å²) < 4.78 is 52.9. The highest BCUT2D eigenvalue weighted by Crippen LogP contribution is 2.34. The van der Waals surface area contributed by atoms with Gasteiger partial charge in [0.15, 0.2) is 11.5 Å². The third-order valence-corrected chi connectivity index (χ3v) is 8.58. The van der Waals surface area contributed by atoms with Crippen LogP contribution >= 0.6 is 0 Å². The molecule has 1 N–H and O–H groups in total. The summed E-state index contributed by atoms with van der Waals surface area (Å²) >= 11 is 0. The first-order valence-corrected chi connectivity index (χ1v) is 13.9. The van der Waals surface area contributed by atoms with E-state index in [-0.39, 0.29) is 17.2 Å². The number of nitrogens with zero attached hydrogens (tertiary/aromatic N) is 2. The number of aryl methyl sites for hydroxylation is 2. The van der Waals surface area contributed by atoms with E-state index in [1.807, 2.05) is 18.2 Å². The van der Waals surface area contributed by atoms with Crippen molar-refractivity contribution in [2.75, 3.05) is 24.1 Å². The molecule has 0 atom stereocenters. The van der Waals surface area contributed by atoms with Gasteiger partial charge in [0, 0.05) is 11.6 Å². The molecule has 198 valence electrons. The number of anilines is 1. The van der Waals surface area contributed by atoms with Crippen LogP contribution in [0.3, 0.4) is 0 Å². The first-order chi connectivity index (χ1) is 18.9. The summed E-state index contributed by atoms with van der Waals surface area (Å²) in [5, 5.41) is 6.38. The molecule has 0 aromatic heterocycles. The van der Waals surface area contributed by atoms with Crippen LogP contribution < -0.4 is 19.2 Å². The summed E-state index contributed by atoms with van der Waals surface area (Å²) in [6.07, 6.45) is 3.55. The SMILES string of the molecule is O=C(CN(c1ccc(F)cc1)S(=O)(=O)c1ccc2c(c1)OCCO2)N/N=C/c1ccc2c3c(cccc13)CC2. The molecule has 2 aliphatic rings. The second-order valence-electron chi connectivity index (χ2n) is 9.24. The first kappa shape index (κ1) is 24.9. The predicted molar refractivity (Wildman–Crippen MR) is 145 cm³/mol. The van der Waals surface area contributed by atoms with Gasteiger partial charge in [0.05, 0.1) is 16.8 Å². The molecule has 6 rings (SSSR count). The van der Waals surface area contributed by atoms with Gasteiger partial charge in [0.25, 0.3) is 15.9 Å². The Morgan fingerprint density at radius 1 is 0.949 bits per heavy atom. The Kier molecular flexibility index (Phi) is 6.40. The zero-order chi connectivity index (χ0) is 27.0. The van der Waals surface area contributed by atoms with Crippen LogP contribution in [0.25, 0.3) is 10.8 Å². The number of carbonyl (C=O) groups is 1. The zero-order valence-electron chi connectivity index (χ0n) is 20.8. The summed E-state index contributed by atoms with van der Waals surface area (Å²) in [6, 6.07) is 19.3. The number of amides is 1. The molecular formula is C29H24FN3O5S. The smallest absolute Gasteiger partial charge is 0.264 e. The molecule has 1 aliphatic heterocycles. The third kappa shape index (κ3) is 4.79. The molecule has 10 heteroatoms. The van der Waals surface area contributed by atoms with Crippen molar-refractivity contribution in [1.29, 1.82) is 0 Å². The van der Waals surface area contributed by atoms with Crippen LogP contribution in [-0.2, 0) is 27.7 Å². The predicted octanol–water partition coefficient (Wildman–Crippen LogP) is 4.19. The van der Waals surface area contributed by atoms with Crippen molar-refractivity contribution >= 4 is 38.6 Å². The van der Waals surface area contributed by atoms with Crippen molar-refractivity contribution in [3.63, 3.8) is 0 Å². The van der Waals surface area contributed by atoms with Crippen molar-refractivity contribution in [2.24, 2.45) is 5.10 Å². The van der Waals surface area contributed by atoms with E-state index in [0.717, 1.165) is 40.2 Å². The second-order valence-corrected chi connectivity index (χ2v) is 11.1. The standard InChI is InChI=1S/C29H24FN3O5S/c30-22-8-10-23(11-9-22)33(39(35,36)24-12-13-26-27(16-24)38-15-14-37-26)18-28(34)32-31-17-21-7-6-20-5-4-19-2-1-3-25(21)29(19)20/h1-3,6-13,16-17H,4-5,14-15,18H2,(H,32,34)/b31-17+. The Morgan fingerprint density at radius 3 is 2.49 bits per heavy atom. The third-order valence-electron chi connectivity index (χ3n) is 6.81. The number of ether oxygens (including phenoxy) is 2. The molecule has 1 aliphatic carbocycles. The highest BCUT2D eigenvalue weighted by molar-refractivity contribution is 7.92. The second kappa shape index (κ2) is 10.0. The van der Waals surface area contributed by atoms with E-state index in [1.54, 1.807) is 6.21 Å². The molecule has 0 saturated heterocycles. The topological polar surface area (TPSA) is 97.3 Å². The number of nitrogens with one attached hydrogen (secondary N) is 1. The Morgan fingerprint density at radius 2 is 1.69 bits per heavy atom. The fourth-order valence-corrected chi connectivity index (χ4v) is 6.39. The first-order valence-electron chi connectivity index (χ1n) is 12.4.